The molecule has 2 fully saturated rings. The van der Waals surface area contributed by atoms with Gasteiger partial charge in [-0.05, 0) is 66.0 Å². The number of amides is 2. The molecule has 0 aliphatic heterocycles. The molecule has 2 saturated carbocycles. The maximum Gasteiger partial charge on any atom is 0.225 e. The van der Waals surface area contributed by atoms with Gasteiger partial charge in [-0.3, -0.25) is 14.6 Å². The van der Waals surface area contributed by atoms with Crippen molar-refractivity contribution in [2.24, 2.45) is 29.1 Å². The fourth-order valence-electron chi connectivity index (χ4n) is 6.91. The minimum absolute atomic E-state index is 0.0281. The van der Waals surface area contributed by atoms with Gasteiger partial charge in [-0.15, -0.1) is 0 Å². The van der Waals surface area contributed by atoms with Crippen molar-refractivity contribution in [1.82, 2.24) is 15.2 Å². The number of fused-ring (bicyclic) bond motifs is 1. The van der Waals surface area contributed by atoms with Gasteiger partial charge < -0.3 is 15.3 Å². The summed E-state index contributed by atoms with van der Waals surface area (Å²) in [5, 5.41) is 15.0. The van der Waals surface area contributed by atoms with E-state index in [2.05, 4.69) is 24.1 Å². The fourth-order valence-corrected chi connectivity index (χ4v) is 6.91. The van der Waals surface area contributed by atoms with Gasteiger partial charge in [-0.1, -0.05) is 57.2 Å². The molecule has 6 heteroatoms. The average Bonchev–Trinajstić information content (AvgIpc) is 2.86. The highest BCUT2D eigenvalue weighted by molar-refractivity contribution is 5.79. The van der Waals surface area contributed by atoms with Crippen molar-refractivity contribution in [3.05, 3.63) is 66.0 Å². The van der Waals surface area contributed by atoms with Crippen LogP contribution in [0.3, 0.4) is 0 Å². The number of pyridine rings is 1. The van der Waals surface area contributed by atoms with E-state index in [0.717, 1.165) is 36.8 Å². The van der Waals surface area contributed by atoms with Crippen molar-refractivity contribution in [2.75, 3.05) is 7.05 Å². The predicted molar refractivity (Wildman–Crippen MR) is 141 cm³/mol. The van der Waals surface area contributed by atoms with Crippen LogP contribution in [-0.4, -0.2) is 46.0 Å². The first kappa shape index (κ1) is 26.3. The summed E-state index contributed by atoms with van der Waals surface area (Å²) >= 11 is 0. The van der Waals surface area contributed by atoms with E-state index in [1.54, 1.807) is 17.3 Å². The first-order chi connectivity index (χ1) is 17.2. The number of hydrogen-bond donors (Lipinski definition) is 2. The number of nitrogens with zero attached hydrogens (tertiary/aromatic N) is 2. The molecule has 4 rings (SSSR count). The Morgan fingerprint density at radius 3 is 2.53 bits per heavy atom. The van der Waals surface area contributed by atoms with Gasteiger partial charge in [0.1, 0.15) is 0 Å². The van der Waals surface area contributed by atoms with E-state index < -0.39 is 6.10 Å². The molecule has 0 bridgehead atoms. The molecule has 0 spiro atoms. The summed E-state index contributed by atoms with van der Waals surface area (Å²) in [7, 11) is 1.83. The van der Waals surface area contributed by atoms with E-state index in [1.165, 1.54) is 0 Å². The topological polar surface area (TPSA) is 82.5 Å². The van der Waals surface area contributed by atoms with Crippen molar-refractivity contribution in [2.45, 2.75) is 71.6 Å². The second-order valence-corrected chi connectivity index (χ2v) is 11.5. The summed E-state index contributed by atoms with van der Waals surface area (Å²) in [6.07, 6.45) is 7.05. The molecule has 2 aromatic rings. The Hall–Kier alpha value is -2.73. The number of aliphatic hydroxyl groups is 1. The lowest BCUT2D eigenvalue weighted by molar-refractivity contribution is -0.150. The number of aliphatic hydroxyl groups excluding tert-OH is 1. The summed E-state index contributed by atoms with van der Waals surface area (Å²) in [6.45, 7) is 6.93. The van der Waals surface area contributed by atoms with Gasteiger partial charge in [-0.2, -0.15) is 0 Å². The zero-order valence-electron chi connectivity index (χ0n) is 22.1. The Kier molecular flexibility index (Phi) is 8.13. The first-order valence-corrected chi connectivity index (χ1v) is 13.3. The second kappa shape index (κ2) is 11.1. The van der Waals surface area contributed by atoms with Crippen molar-refractivity contribution in [3.8, 4) is 0 Å². The Morgan fingerprint density at radius 1 is 1.14 bits per heavy atom. The molecule has 7 atom stereocenters. The van der Waals surface area contributed by atoms with Gasteiger partial charge in [0.05, 0.1) is 12.5 Å². The highest BCUT2D eigenvalue weighted by atomic mass is 16.3. The van der Waals surface area contributed by atoms with E-state index in [9.17, 15) is 14.7 Å². The van der Waals surface area contributed by atoms with Crippen molar-refractivity contribution < 1.29 is 14.7 Å². The van der Waals surface area contributed by atoms with Gasteiger partial charge in [0.15, 0.2) is 0 Å². The molecule has 194 valence electrons. The molecular weight excluding hydrogens is 450 g/mol. The van der Waals surface area contributed by atoms with Crippen molar-refractivity contribution in [1.29, 1.82) is 0 Å². The third kappa shape index (κ3) is 5.64. The van der Waals surface area contributed by atoms with Crippen LogP contribution in [0.15, 0.2) is 54.9 Å². The molecule has 0 saturated heterocycles. The number of carbonyl (C=O) groups is 2. The molecule has 36 heavy (non-hydrogen) atoms. The predicted octanol–water partition coefficient (Wildman–Crippen LogP) is 4.23. The van der Waals surface area contributed by atoms with E-state index in [1.807, 2.05) is 56.4 Å². The third-order valence-corrected chi connectivity index (χ3v) is 8.99. The van der Waals surface area contributed by atoms with Gasteiger partial charge in [0.25, 0.3) is 0 Å². The SMILES string of the molecule is C[C@H]1[C@@H]2[C@@H](O)C([C@H](C)C(=O)N(C)Cc3cccnc3)CC[C@@]2(C)CC[C@@H]1NC(=O)Cc1ccccc1. The van der Waals surface area contributed by atoms with Crippen LogP contribution in [0, 0.1) is 29.1 Å². The molecule has 2 aliphatic rings. The quantitative estimate of drug-likeness (QED) is 0.607. The normalized spacial score (nSPS) is 30.6. The molecule has 2 N–H and O–H groups in total. The molecular formula is C30H41N3O3. The number of benzene rings is 1. The Morgan fingerprint density at radius 2 is 1.83 bits per heavy atom. The van der Waals surface area contributed by atoms with Crippen LogP contribution in [0.2, 0.25) is 0 Å². The molecule has 2 aliphatic carbocycles. The van der Waals surface area contributed by atoms with Crippen LogP contribution in [0.4, 0.5) is 0 Å². The Labute approximate surface area is 215 Å². The lowest BCUT2D eigenvalue weighted by Crippen LogP contribution is -2.58. The molecule has 6 nitrogen and oxygen atoms in total. The Balaban J connectivity index is 1.42. The van der Waals surface area contributed by atoms with Gasteiger partial charge in [0.2, 0.25) is 11.8 Å². The van der Waals surface area contributed by atoms with Gasteiger partial charge >= 0.3 is 0 Å². The van der Waals surface area contributed by atoms with Gasteiger partial charge in [0, 0.05) is 37.9 Å². The van der Waals surface area contributed by atoms with Crippen LogP contribution >= 0.6 is 0 Å². The number of aromatic nitrogens is 1. The zero-order valence-corrected chi connectivity index (χ0v) is 22.1. The minimum atomic E-state index is -0.571. The Bertz CT molecular complexity index is 1030. The molecule has 2 amide bonds. The summed E-state index contributed by atoms with van der Waals surface area (Å²) in [4.78, 5) is 32.0. The molecule has 1 heterocycles. The van der Waals surface area contributed by atoms with Crippen molar-refractivity contribution >= 4 is 11.8 Å². The largest absolute Gasteiger partial charge is 0.392 e. The van der Waals surface area contributed by atoms with E-state index >= 15 is 0 Å². The lowest BCUT2D eigenvalue weighted by atomic mass is 9.51. The first-order valence-electron chi connectivity index (χ1n) is 13.3. The highest BCUT2D eigenvalue weighted by Crippen LogP contribution is 2.55. The highest BCUT2D eigenvalue weighted by Gasteiger charge is 2.54. The van der Waals surface area contributed by atoms with Crippen LogP contribution in [-0.2, 0) is 22.6 Å². The average molecular weight is 492 g/mol. The number of rotatable bonds is 7. The second-order valence-electron chi connectivity index (χ2n) is 11.5. The summed E-state index contributed by atoms with van der Waals surface area (Å²) in [5.41, 5.74) is 2.02. The van der Waals surface area contributed by atoms with Crippen LogP contribution in [0.5, 0.6) is 0 Å². The molecule has 1 aromatic heterocycles. The zero-order chi connectivity index (χ0) is 25.9. The number of hydrogen-bond acceptors (Lipinski definition) is 4. The fraction of sp³-hybridized carbons (Fsp3) is 0.567. The smallest absolute Gasteiger partial charge is 0.225 e. The lowest BCUT2D eigenvalue weighted by Gasteiger charge is -2.56. The van der Waals surface area contributed by atoms with E-state index in [0.29, 0.717) is 13.0 Å². The standard InChI is InChI=1S/C30H41N3O3/c1-20(29(36)33(4)19-23-11-8-16-31-18-23)24-12-14-30(3)15-13-25(21(2)27(30)28(24)35)32-26(34)17-22-9-6-5-7-10-22/h5-11,16,18,20-21,24-25,27-28,35H,12-15,17,19H2,1-4H3,(H,32,34)/t20-,21+,24?,25-,27+,28-,30-/m0/s1. The summed E-state index contributed by atoms with van der Waals surface area (Å²) in [6, 6.07) is 13.7. The molecule has 0 radical (unpaired) electrons. The van der Waals surface area contributed by atoms with Gasteiger partial charge in [-0.25, -0.2) is 0 Å². The monoisotopic (exact) mass is 491 g/mol. The summed E-state index contributed by atoms with van der Waals surface area (Å²) < 4.78 is 0. The maximum atomic E-state index is 13.3. The van der Waals surface area contributed by atoms with E-state index in [-0.39, 0.29) is 46.9 Å². The van der Waals surface area contributed by atoms with Crippen LogP contribution in [0.1, 0.15) is 57.6 Å². The van der Waals surface area contributed by atoms with Crippen molar-refractivity contribution in [3.63, 3.8) is 0 Å². The number of nitrogens with one attached hydrogen (secondary N) is 1. The minimum Gasteiger partial charge on any atom is -0.392 e. The third-order valence-electron chi connectivity index (χ3n) is 8.99. The maximum absolute atomic E-state index is 13.3. The van der Waals surface area contributed by atoms with Crippen LogP contribution < -0.4 is 5.32 Å². The van der Waals surface area contributed by atoms with E-state index in [4.69, 9.17) is 0 Å². The molecule has 1 unspecified atom stereocenters. The number of carbonyl (C=O) groups excluding carboxylic acids is 2. The molecule has 1 aromatic carbocycles. The summed E-state index contributed by atoms with van der Waals surface area (Å²) in [5.74, 6) is -0.0889. The van der Waals surface area contributed by atoms with Crippen LogP contribution in [0.25, 0.3) is 0 Å².